The number of alkyl halides is 1. The van der Waals surface area contributed by atoms with Crippen LogP contribution < -0.4 is 0 Å². The van der Waals surface area contributed by atoms with Gasteiger partial charge in [0.25, 0.3) is 0 Å². The summed E-state index contributed by atoms with van der Waals surface area (Å²) in [4.78, 5) is 0. The maximum absolute atomic E-state index is 11.7. The summed E-state index contributed by atoms with van der Waals surface area (Å²) in [7, 11) is 0.956. The highest BCUT2D eigenvalue weighted by molar-refractivity contribution is 6.33. The largest absolute Gasteiger partial charge is 0.249 e. The van der Waals surface area contributed by atoms with Crippen molar-refractivity contribution in [3.63, 3.8) is 0 Å². The van der Waals surface area contributed by atoms with Gasteiger partial charge in [0.1, 0.15) is 7.28 Å². The maximum Gasteiger partial charge on any atom is 0.121 e. The Morgan fingerprint density at radius 3 is 2.33 bits per heavy atom. The Bertz CT molecular complexity index is 28.7. The highest BCUT2D eigenvalue weighted by Gasteiger charge is 1.91. The average Bonchev–Trinajstić information content (AvgIpc) is 1.35. The summed E-state index contributed by atoms with van der Waals surface area (Å²) in [6, 6.07) is 0. The Balaban J connectivity index is 2.63. The van der Waals surface area contributed by atoms with Crippen molar-refractivity contribution >= 4 is 7.28 Å². The van der Waals surface area contributed by atoms with Gasteiger partial charge >= 0.3 is 0 Å². The van der Waals surface area contributed by atoms with Crippen molar-refractivity contribution in [3.05, 3.63) is 0 Å². The summed E-state index contributed by atoms with van der Waals surface area (Å²) in [6.07, 6.45) is 0.106. The smallest absolute Gasteiger partial charge is 0.121 e. The molecule has 0 spiro atoms. The number of halogens is 1. The van der Waals surface area contributed by atoms with Crippen molar-refractivity contribution in [3.8, 4) is 0 Å². The minimum Gasteiger partial charge on any atom is -0.249 e. The predicted molar refractivity (Wildman–Crippen MR) is 28.4 cm³/mol. The van der Waals surface area contributed by atoms with Crippen molar-refractivity contribution in [1.82, 2.24) is 0 Å². The summed E-state index contributed by atoms with van der Waals surface area (Å²) >= 11 is 0. The molecule has 0 aliphatic heterocycles. The van der Waals surface area contributed by atoms with Crippen molar-refractivity contribution in [1.29, 1.82) is 0 Å². The summed E-state index contributed by atoms with van der Waals surface area (Å²) in [5, 5.41) is 0. The van der Waals surface area contributed by atoms with E-state index in [4.69, 9.17) is 0 Å². The van der Waals surface area contributed by atoms with E-state index in [9.17, 15) is 4.39 Å². The molecule has 0 radical (unpaired) electrons. The van der Waals surface area contributed by atoms with E-state index in [1.54, 1.807) is 6.92 Å². The quantitative estimate of drug-likeness (QED) is 0.445. The fraction of sp³-hybridized carbons (Fsp3) is 1.00. The van der Waals surface area contributed by atoms with Crippen LogP contribution in [-0.2, 0) is 0 Å². The molecule has 0 aromatic rings. The van der Waals surface area contributed by atoms with Crippen LogP contribution in [0.25, 0.3) is 0 Å². The minimum absolute atomic E-state index is 0.602. The average molecular weight is 87.9 g/mol. The van der Waals surface area contributed by atoms with Gasteiger partial charge in [-0.15, -0.1) is 0 Å². The molecular formula is C4H10BF. The molecule has 0 rings (SSSR count). The van der Waals surface area contributed by atoms with E-state index >= 15 is 0 Å². The van der Waals surface area contributed by atoms with Crippen LogP contribution >= 0.6 is 0 Å². The Kier molecular flexibility index (Phi) is 3.19. The molecule has 0 saturated heterocycles. The van der Waals surface area contributed by atoms with Crippen LogP contribution in [0.1, 0.15) is 6.92 Å². The van der Waals surface area contributed by atoms with Gasteiger partial charge in [-0.2, -0.15) is 0 Å². The van der Waals surface area contributed by atoms with Crippen LogP contribution in [0.5, 0.6) is 0 Å². The highest BCUT2D eigenvalue weighted by atomic mass is 19.1. The molecule has 0 aromatic heterocycles. The molecule has 0 heterocycles. The normalized spacial score (nSPS) is 13.8. The number of hydrogen-bond donors (Lipinski definition) is 0. The molecule has 0 saturated carbocycles. The number of rotatable bonds is 2. The van der Waals surface area contributed by atoms with Gasteiger partial charge in [-0.25, -0.2) is 4.39 Å². The molecule has 0 bridgehead atoms. The molecule has 0 fully saturated rings. The Morgan fingerprint density at radius 1 is 1.83 bits per heavy atom. The van der Waals surface area contributed by atoms with Crippen LogP contribution in [0.2, 0.25) is 13.1 Å². The fourth-order valence-corrected chi connectivity index (χ4v) is 0.398. The lowest BCUT2D eigenvalue weighted by molar-refractivity contribution is 0.391. The van der Waals surface area contributed by atoms with E-state index in [2.05, 4.69) is 0 Å². The van der Waals surface area contributed by atoms with E-state index < -0.39 is 6.17 Å². The van der Waals surface area contributed by atoms with Crippen LogP contribution in [-0.4, -0.2) is 13.5 Å². The van der Waals surface area contributed by atoms with Crippen molar-refractivity contribution < 1.29 is 4.39 Å². The number of hydrogen-bond acceptors (Lipinski definition) is 0. The molecule has 0 nitrogen and oxygen atoms in total. The van der Waals surface area contributed by atoms with E-state index in [1.165, 1.54) is 0 Å². The van der Waals surface area contributed by atoms with E-state index in [0.717, 1.165) is 7.28 Å². The second-order valence-electron chi connectivity index (χ2n) is 1.57. The first-order valence-electron chi connectivity index (χ1n) is 2.41. The molecule has 2 heteroatoms. The van der Waals surface area contributed by atoms with Gasteiger partial charge in [0.05, 0.1) is 6.17 Å². The van der Waals surface area contributed by atoms with Crippen molar-refractivity contribution in [2.45, 2.75) is 26.2 Å². The zero-order valence-corrected chi connectivity index (χ0v) is 4.37. The first-order chi connectivity index (χ1) is 2.77. The fourth-order valence-electron chi connectivity index (χ4n) is 0.398. The van der Waals surface area contributed by atoms with E-state index in [0.29, 0.717) is 6.32 Å². The van der Waals surface area contributed by atoms with Crippen molar-refractivity contribution in [2.24, 2.45) is 0 Å². The third kappa shape index (κ3) is 3.99. The second kappa shape index (κ2) is 3.20. The standard InChI is InChI=1S/C4H10BF/c1-4(6)3-5-2/h4-5H,3H2,1-2H3/t4-/m1/s1. The van der Waals surface area contributed by atoms with E-state index in [1.807, 2.05) is 6.82 Å². The SMILES string of the molecule is CBC[C@@H](C)F. The Hall–Kier alpha value is -0.00506. The highest BCUT2D eigenvalue weighted by Crippen LogP contribution is 1.92. The van der Waals surface area contributed by atoms with Gasteiger partial charge in [-0.1, -0.05) is 6.82 Å². The molecule has 36 valence electrons. The van der Waals surface area contributed by atoms with Gasteiger partial charge in [0.2, 0.25) is 0 Å². The zero-order chi connectivity index (χ0) is 4.99. The van der Waals surface area contributed by atoms with Gasteiger partial charge in [-0.05, 0) is 13.2 Å². The van der Waals surface area contributed by atoms with Crippen molar-refractivity contribution in [2.75, 3.05) is 0 Å². The Labute approximate surface area is 39.0 Å². The second-order valence-corrected chi connectivity index (χ2v) is 1.57. The lowest BCUT2D eigenvalue weighted by atomic mass is 9.76. The third-order valence-corrected chi connectivity index (χ3v) is 0.686. The predicted octanol–water partition coefficient (Wildman–Crippen LogP) is 1.25. The first-order valence-corrected chi connectivity index (χ1v) is 2.41. The molecule has 0 aliphatic carbocycles. The molecule has 0 unspecified atom stereocenters. The van der Waals surface area contributed by atoms with Crippen LogP contribution in [0.15, 0.2) is 0 Å². The van der Waals surface area contributed by atoms with Crippen LogP contribution in [0.4, 0.5) is 4.39 Å². The van der Waals surface area contributed by atoms with Gasteiger partial charge < -0.3 is 0 Å². The van der Waals surface area contributed by atoms with Gasteiger partial charge in [-0.3, -0.25) is 0 Å². The molecule has 6 heavy (non-hydrogen) atoms. The molecule has 0 aromatic carbocycles. The lowest BCUT2D eigenvalue weighted by Crippen LogP contribution is -1.93. The molecule has 1 atom stereocenters. The van der Waals surface area contributed by atoms with Crippen LogP contribution in [0, 0.1) is 0 Å². The summed E-state index contributed by atoms with van der Waals surface area (Å²) in [5.41, 5.74) is 0. The third-order valence-electron chi connectivity index (χ3n) is 0.686. The minimum atomic E-state index is -0.602. The molecular weight excluding hydrogens is 77.9 g/mol. The molecule has 0 aliphatic rings. The summed E-state index contributed by atoms with van der Waals surface area (Å²) in [5.74, 6) is 0. The van der Waals surface area contributed by atoms with E-state index in [-0.39, 0.29) is 0 Å². The lowest BCUT2D eigenvalue weighted by Gasteiger charge is -1.90. The van der Waals surface area contributed by atoms with Crippen LogP contribution in [0.3, 0.4) is 0 Å². The zero-order valence-electron chi connectivity index (χ0n) is 4.37. The summed E-state index contributed by atoms with van der Waals surface area (Å²) in [6.45, 7) is 3.57. The van der Waals surface area contributed by atoms with Gasteiger partial charge in [0, 0.05) is 0 Å². The molecule has 0 N–H and O–H groups in total. The maximum atomic E-state index is 11.7. The first kappa shape index (κ1) is 5.99. The Morgan fingerprint density at radius 2 is 2.33 bits per heavy atom. The topological polar surface area (TPSA) is 0 Å². The molecule has 0 amide bonds. The van der Waals surface area contributed by atoms with Gasteiger partial charge in [0.15, 0.2) is 0 Å². The summed E-state index contributed by atoms with van der Waals surface area (Å²) < 4.78 is 11.7. The monoisotopic (exact) mass is 88.1 g/mol.